The maximum atomic E-state index is 10.4. The van der Waals surface area contributed by atoms with Crippen LogP contribution in [0.3, 0.4) is 0 Å². The highest BCUT2D eigenvalue weighted by Crippen LogP contribution is 2.20. The molecule has 0 saturated carbocycles. The fourth-order valence-corrected chi connectivity index (χ4v) is 3.91. The average Bonchev–Trinajstić information content (AvgIpc) is 2.80. The second-order valence-electron chi connectivity index (χ2n) is 7.53. The van der Waals surface area contributed by atoms with Crippen LogP contribution in [0.25, 0.3) is 23.1 Å². The van der Waals surface area contributed by atoms with Crippen LogP contribution in [0, 0.1) is 6.92 Å². The van der Waals surface area contributed by atoms with Crippen molar-refractivity contribution in [3.8, 4) is 11.5 Å². The van der Waals surface area contributed by atoms with E-state index in [4.69, 9.17) is 16.3 Å². The van der Waals surface area contributed by atoms with Gasteiger partial charge in [-0.05, 0) is 78.7 Å². The molecule has 0 aliphatic heterocycles. The predicted octanol–water partition coefficient (Wildman–Crippen LogP) is 5.10. The molecule has 3 aromatic carbocycles. The zero-order chi connectivity index (χ0) is 24.9. The van der Waals surface area contributed by atoms with Crippen molar-refractivity contribution in [3.05, 3.63) is 94.6 Å². The summed E-state index contributed by atoms with van der Waals surface area (Å²) in [5.41, 5.74) is 4.17. The first-order valence-corrected chi connectivity index (χ1v) is 12.0. The number of halogens is 1. The number of aromatic hydroxyl groups is 1. The number of pyridine rings is 1. The van der Waals surface area contributed by atoms with Gasteiger partial charge in [0, 0.05) is 28.6 Å². The number of hydrogen-bond acceptors (Lipinski definition) is 5. The Kier molecular flexibility index (Phi) is 7.94. The standard InChI is InChI=1S/C19H16ClNO.C7H8O4S/c1-13-11-14(4-10-19(13)22)3-7-17-8-5-15-12-16(20)6-9-18(15)21(17)2;1-11-6-2-4-7(5-3-6)12(8,9)10/h3-12H,1-2H3;2-5H,1H3,(H,8,9,10). The Balaban J connectivity index is 0.000000229. The van der Waals surface area contributed by atoms with E-state index in [-0.39, 0.29) is 4.90 Å². The number of phenolic OH excluding ortho intramolecular Hbond substituents is 1. The Morgan fingerprint density at radius 3 is 2.29 bits per heavy atom. The molecule has 1 aromatic heterocycles. The van der Waals surface area contributed by atoms with E-state index in [1.165, 1.54) is 31.4 Å². The number of hydrogen-bond donors (Lipinski definition) is 1. The number of aromatic nitrogens is 1. The van der Waals surface area contributed by atoms with E-state index in [1.807, 2.05) is 50.4 Å². The first-order chi connectivity index (χ1) is 16.1. The highest BCUT2D eigenvalue weighted by Gasteiger charge is 2.09. The molecule has 1 N–H and O–H groups in total. The molecule has 0 radical (unpaired) electrons. The molecule has 34 heavy (non-hydrogen) atoms. The van der Waals surface area contributed by atoms with Gasteiger partial charge in [0.15, 0.2) is 0 Å². The lowest BCUT2D eigenvalue weighted by Gasteiger charge is -2.06. The Morgan fingerprint density at radius 2 is 1.68 bits per heavy atom. The van der Waals surface area contributed by atoms with Crippen LogP contribution in [0.5, 0.6) is 11.5 Å². The maximum Gasteiger partial charge on any atom is 0.212 e. The maximum absolute atomic E-state index is 10.4. The summed E-state index contributed by atoms with van der Waals surface area (Å²) in [5, 5.41) is 11.4. The summed E-state index contributed by atoms with van der Waals surface area (Å²) in [6.07, 6.45) is 4.11. The van der Waals surface area contributed by atoms with E-state index in [2.05, 4.69) is 22.8 Å². The van der Waals surface area contributed by atoms with Gasteiger partial charge in [0.05, 0.1) is 12.0 Å². The van der Waals surface area contributed by atoms with Gasteiger partial charge in [-0.2, -0.15) is 4.57 Å². The average molecular weight is 498 g/mol. The molecule has 1 heterocycles. The number of methoxy groups -OCH3 is 1. The zero-order valence-corrected chi connectivity index (χ0v) is 20.5. The van der Waals surface area contributed by atoms with Gasteiger partial charge < -0.3 is 14.4 Å². The summed E-state index contributed by atoms with van der Waals surface area (Å²) in [5.74, 6) is 0.840. The Bertz CT molecular complexity index is 1450. The lowest BCUT2D eigenvalue weighted by Crippen LogP contribution is -2.32. The fourth-order valence-electron chi connectivity index (χ4n) is 3.26. The van der Waals surface area contributed by atoms with Gasteiger partial charge in [-0.3, -0.25) is 0 Å². The highest BCUT2D eigenvalue weighted by molar-refractivity contribution is 7.85. The summed E-state index contributed by atoms with van der Waals surface area (Å²) in [7, 11) is -0.835. The van der Waals surface area contributed by atoms with E-state index in [1.54, 1.807) is 6.07 Å². The highest BCUT2D eigenvalue weighted by atomic mass is 35.5. The van der Waals surface area contributed by atoms with Crippen molar-refractivity contribution < 1.29 is 27.4 Å². The van der Waals surface area contributed by atoms with Crippen LogP contribution in [0.4, 0.5) is 0 Å². The lowest BCUT2D eigenvalue weighted by molar-refractivity contribution is -0.646. The Morgan fingerprint density at radius 1 is 0.971 bits per heavy atom. The molecule has 0 bridgehead atoms. The van der Waals surface area contributed by atoms with Crippen LogP contribution in [-0.2, 0) is 17.2 Å². The van der Waals surface area contributed by atoms with Gasteiger partial charge >= 0.3 is 0 Å². The van der Waals surface area contributed by atoms with Crippen LogP contribution in [0.1, 0.15) is 16.8 Å². The number of rotatable bonds is 4. The number of phenols is 1. The molecule has 176 valence electrons. The molecule has 0 saturated heterocycles. The van der Waals surface area contributed by atoms with Gasteiger partial charge in [0.2, 0.25) is 11.2 Å². The van der Waals surface area contributed by atoms with Gasteiger partial charge in [-0.1, -0.05) is 17.7 Å². The fraction of sp³-hybridized carbons (Fsp3) is 0.115. The first-order valence-electron chi connectivity index (χ1n) is 10.2. The number of nitrogens with zero attached hydrogens (tertiary/aromatic N) is 1. The minimum Gasteiger partial charge on any atom is -0.744 e. The number of benzene rings is 3. The van der Waals surface area contributed by atoms with E-state index in [0.717, 1.165) is 32.7 Å². The van der Waals surface area contributed by atoms with E-state index >= 15 is 0 Å². The summed E-state index contributed by atoms with van der Waals surface area (Å²) in [6, 6.07) is 20.9. The van der Waals surface area contributed by atoms with Gasteiger partial charge in [0.25, 0.3) is 0 Å². The van der Waals surface area contributed by atoms with Crippen molar-refractivity contribution >= 4 is 44.8 Å². The van der Waals surface area contributed by atoms with E-state index in [0.29, 0.717) is 11.5 Å². The molecule has 4 rings (SSSR count). The lowest BCUT2D eigenvalue weighted by atomic mass is 10.1. The molecular weight excluding hydrogens is 474 g/mol. The van der Waals surface area contributed by atoms with Crippen LogP contribution < -0.4 is 9.30 Å². The van der Waals surface area contributed by atoms with Crippen molar-refractivity contribution in [2.24, 2.45) is 7.05 Å². The van der Waals surface area contributed by atoms with Crippen LogP contribution >= 0.6 is 11.6 Å². The third-order valence-electron chi connectivity index (χ3n) is 5.19. The molecule has 4 aromatic rings. The predicted molar refractivity (Wildman–Crippen MR) is 133 cm³/mol. The van der Waals surface area contributed by atoms with Crippen molar-refractivity contribution in [3.63, 3.8) is 0 Å². The molecule has 0 aliphatic rings. The SMILES string of the molecule is COc1ccc(S(=O)(=O)[O-])cc1.Cc1cc(C=Cc2ccc3cc(Cl)ccc3[n+]2C)ccc1O. The molecule has 0 atom stereocenters. The van der Waals surface area contributed by atoms with Gasteiger partial charge in [-0.15, -0.1) is 0 Å². The minimum atomic E-state index is -4.33. The van der Waals surface area contributed by atoms with Crippen LogP contribution in [0.2, 0.25) is 5.02 Å². The molecule has 0 unspecified atom stereocenters. The topological polar surface area (TPSA) is 90.5 Å². The number of fused-ring (bicyclic) bond motifs is 1. The van der Waals surface area contributed by atoms with E-state index in [9.17, 15) is 18.1 Å². The smallest absolute Gasteiger partial charge is 0.212 e. The van der Waals surface area contributed by atoms with Crippen molar-refractivity contribution in [1.29, 1.82) is 0 Å². The van der Waals surface area contributed by atoms with Crippen LogP contribution in [-0.4, -0.2) is 25.2 Å². The molecule has 0 fully saturated rings. The summed E-state index contributed by atoms with van der Waals surface area (Å²) < 4.78 is 38.2. The normalized spacial score (nSPS) is 11.3. The zero-order valence-electron chi connectivity index (χ0n) is 18.9. The monoisotopic (exact) mass is 497 g/mol. The molecule has 0 aliphatic carbocycles. The summed E-state index contributed by atoms with van der Waals surface area (Å²) in [6.45, 7) is 1.90. The molecule has 6 nitrogen and oxygen atoms in total. The summed E-state index contributed by atoms with van der Waals surface area (Å²) in [4.78, 5) is -0.247. The molecular formula is C26H24ClNO5S. The quantitative estimate of drug-likeness (QED) is 0.313. The largest absolute Gasteiger partial charge is 0.744 e. The third-order valence-corrected chi connectivity index (χ3v) is 6.27. The van der Waals surface area contributed by atoms with Crippen molar-refractivity contribution in [2.45, 2.75) is 11.8 Å². The Hall–Kier alpha value is -3.39. The van der Waals surface area contributed by atoms with Gasteiger partial charge in [-0.25, -0.2) is 8.42 Å². The van der Waals surface area contributed by atoms with Crippen molar-refractivity contribution in [1.82, 2.24) is 0 Å². The summed E-state index contributed by atoms with van der Waals surface area (Å²) >= 11 is 6.04. The second-order valence-corrected chi connectivity index (χ2v) is 9.35. The minimum absolute atomic E-state index is 0.247. The van der Waals surface area contributed by atoms with Gasteiger partial charge in [0.1, 0.15) is 28.7 Å². The number of aryl methyl sites for hydroxylation is 2. The second kappa shape index (κ2) is 10.7. The van der Waals surface area contributed by atoms with E-state index < -0.39 is 10.1 Å². The molecule has 0 amide bonds. The number of ether oxygens (including phenoxy) is 1. The van der Waals surface area contributed by atoms with Crippen LogP contribution in [0.15, 0.2) is 77.7 Å². The third kappa shape index (κ3) is 6.35. The Labute approximate surface area is 204 Å². The first kappa shape index (κ1) is 25.2. The molecule has 0 spiro atoms. The van der Waals surface area contributed by atoms with Crippen molar-refractivity contribution in [2.75, 3.05) is 7.11 Å². The molecule has 8 heteroatoms.